The number of aromatic hydroxyl groups is 1. The number of nitrogens with zero attached hydrogens (tertiary/aromatic N) is 3. The summed E-state index contributed by atoms with van der Waals surface area (Å²) in [6.07, 6.45) is 0. The molecule has 0 bridgehead atoms. The molecule has 0 aromatic heterocycles. The molecule has 118 valence electrons. The molecule has 0 saturated heterocycles. The summed E-state index contributed by atoms with van der Waals surface area (Å²) < 4.78 is 0. The van der Waals surface area contributed by atoms with E-state index in [2.05, 4.69) is 10.2 Å². The van der Waals surface area contributed by atoms with Crippen molar-refractivity contribution in [1.82, 2.24) is 0 Å². The van der Waals surface area contributed by atoms with Crippen LogP contribution in [0.5, 0.6) is 5.75 Å². The van der Waals surface area contributed by atoms with Gasteiger partial charge in [0.05, 0.1) is 4.92 Å². The highest BCUT2D eigenvalue weighted by atomic mass is 16.6. The molecule has 0 aliphatic heterocycles. The maximum absolute atomic E-state index is 11.0. The maximum atomic E-state index is 11.0. The average molecular weight is 319 g/mol. The van der Waals surface area contributed by atoms with Crippen LogP contribution < -0.4 is 0 Å². The monoisotopic (exact) mass is 319 g/mol. The fraction of sp³-hybridized carbons (Fsp3) is 0. The van der Waals surface area contributed by atoms with Crippen LogP contribution in [0.1, 0.15) is 0 Å². The second-order valence-electron chi connectivity index (χ2n) is 5.02. The SMILES string of the molecule is O=[N+]([O-])c1ccccc1N=Nc1cc(-c2ccccc2)ccc1O. The van der Waals surface area contributed by atoms with Crippen molar-refractivity contribution in [1.29, 1.82) is 0 Å². The first-order valence-electron chi connectivity index (χ1n) is 7.19. The molecule has 0 aliphatic rings. The lowest BCUT2D eigenvalue weighted by Crippen LogP contribution is -1.87. The van der Waals surface area contributed by atoms with Gasteiger partial charge in [-0.15, -0.1) is 10.2 Å². The molecule has 6 heteroatoms. The van der Waals surface area contributed by atoms with E-state index in [1.165, 1.54) is 18.2 Å². The van der Waals surface area contributed by atoms with Crippen LogP contribution in [0, 0.1) is 10.1 Å². The Morgan fingerprint density at radius 1 is 0.792 bits per heavy atom. The van der Waals surface area contributed by atoms with Gasteiger partial charge >= 0.3 is 0 Å². The number of nitro benzene ring substituents is 1. The smallest absolute Gasteiger partial charge is 0.296 e. The van der Waals surface area contributed by atoms with Crippen LogP contribution >= 0.6 is 0 Å². The first-order chi connectivity index (χ1) is 11.6. The van der Waals surface area contributed by atoms with E-state index in [1.54, 1.807) is 24.3 Å². The fourth-order valence-corrected chi connectivity index (χ4v) is 2.22. The van der Waals surface area contributed by atoms with E-state index in [4.69, 9.17) is 0 Å². The highest BCUT2D eigenvalue weighted by Gasteiger charge is 2.12. The third-order valence-corrected chi connectivity index (χ3v) is 3.43. The molecule has 0 fully saturated rings. The molecule has 0 spiro atoms. The zero-order chi connectivity index (χ0) is 16.9. The van der Waals surface area contributed by atoms with Crippen LogP contribution in [0.4, 0.5) is 17.1 Å². The van der Waals surface area contributed by atoms with Crippen LogP contribution in [0.2, 0.25) is 0 Å². The Morgan fingerprint density at radius 3 is 2.21 bits per heavy atom. The van der Waals surface area contributed by atoms with Crippen LogP contribution in [-0.2, 0) is 0 Å². The molecule has 0 atom stereocenters. The summed E-state index contributed by atoms with van der Waals surface area (Å²) in [5.74, 6) is -0.0444. The molecule has 3 aromatic carbocycles. The normalized spacial score (nSPS) is 10.8. The molecule has 3 aromatic rings. The Morgan fingerprint density at radius 2 is 1.46 bits per heavy atom. The minimum absolute atomic E-state index is 0.0444. The van der Waals surface area contributed by atoms with Crippen LogP contribution in [0.15, 0.2) is 83.0 Å². The highest BCUT2D eigenvalue weighted by Crippen LogP contribution is 2.34. The van der Waals surface area contributed by atoms with Crippen LogP contribution in [0.25, 0.3) is 11.1 Å². The van der Waals surface area contributed by atoms with E-state index in [1.807, 2.05) is 30.3 Å². The number of phenolic OH excluding ortho intramolecular Hbond substituents is 1. The number of rotatable bonds is 4. The van der Waals surface area contributed by atoms with Gasteiger partial charge in [0, 0.05) is 6.07 Å². The molecule has 0 saturated carbocycles. The molecule has 1 N–H and O–H groups in total. The van der Waals surface area contributed by atoms with E-state index in [-0.39, 0.29) is 22.8 Å². The summed E-state index contributed by atoms with van der Waals surface area (Å²) in [6, 6.07) is 20.7. The van der Waals surface area contributed by atoms with Gasteiger partial charge < -0.3 is 5.11 Å². The van der Waals surface area contributed by atoms with Gasteiger partial charge in [0.2, 0.25) is 0 Å². The summed E-state index contributed by atoms with van der Waals surface area (Å²) in [4.78, 5) is 10.5. The number of hydrogen-bond acceptors (Lipinski definition) is 5. The zero-order valence-electron chi connectivity index (χ0n) is 12.5. The molecule has 0 radical (unpaired) electrons. The number of azo groups is 1. The second-order valence-corrected chi connectivity index (χ2v) is 5.02. The van der Waals surface area contributed by atoms with Crippen molar-refractivity contribution >= 4 is 17.1 Å². The average Bonchev–Trinajstić information content (AvgIpc) is 2.62. The fourth-order valence-electron chi connectivity index (χ4n) is 2.22. The summed E-state index contributed by atoms with van der Waals surface area (Å²) in [5.41, 5.74) is 2.08. The first kappa shape index (κ1) is 15.4. The number of hydrogen-bond donors (Lipinski definition) is 1. The molecule has 0 aliphatic carbocycles. The largest absolute Gasteiger partial charge is 0.506 e. The van der Waals surface area contributed by atoms with Gasteiger partial charge in [0.15, 0.2) is 5.69 Å². The molecule has 0 heterocycles. The summed E-state index contributed by atoms with van der Waals surface area (Å²) in [7, 11) is 0. The van der Waals surface area contributed by atoms with Crippen molar-refractivity contribution in [3.05, 3.63) is 82.9 Å². The first-order valence-corrected chi connectivity index (χ1v) is 7.19. The predicted molar refractivity (Wildman–Crippen MR) is 90.8 cm³/mol. The molecule has 24 heavy (non-hydrogen) atoms. The Kier molecular flexibility index (Phi) is 4.29. The maximum Gasteiger partial charge on any atom is 0.296 e. The number of para-hydroxylation sites is 1. The van der Waals surface area contributed by atoms with Gasteiger partial charge in [-0.25, -0.2) is 0 Å². The summed E-state index contributed by atoms with van der Waals surface area (Å²) >= 11 is 0. The van der Waals surface area contributed by atoms with Crippen molar-refractivity contribution in [3.63, 3.8) is 0 Å². The Balaban J connectivity index is 1.97. The van der Waals surface area contributed by atoms with Gasteiger partial charge in [-0.1, -0.05) is 48.5 Å². The Bertz CT molecular complexity index is 908. The summed E-state index contributed by atoms with van der Waals surface area (Å²) in [6.45, 7) is 0. The minimum atomic E-state index is -0.519. The van der Waals surface area contributed by atoms with Gasteiger partial charge in [-0.2, -0.15) is 0 Å². The van der Waals surface area contributed by atoms with Gasteiger partial charge in [-0.05, 0) is 29.3 Å². The minimum Gasteiger partial charge on any atom is -0.506 e. The number of benzene rings is 3. The molecule has 6 nitrogen and oxygen atoms in total. The molecular formula is C18H13N3O3. The van der Waals surface area contributed by atoms with Gasteiger partial charge in [0.1, 0.15) is 11.4 Å². The lowest BCUT2D eigenvalue weighted by atomic mass is 10.1. The third-order valence-electron chi connectivity index (χ3n) is 3.43. The quantitative estimate of drug-likeness (QED) is 0.397. The van der Waals surface area contributed by atoms with E-state index < -0.39 is 4.92 Å². The zero-order valence-corrected chi connectivity index (χ0v) is 12.5. The lowest BCUT2D eigenvalue weighted by molar-refractivity contribution is -0.384. The van der Waals surface area contributed by atoms with E-state index >= 15 is 0 Å². The van der Waals surface area contributed by atoms with Crippen LogP contribution in [-0.4, -0.2) is 10.0 Å². The van der Waals surface area contributed by atoms with Crippen molar-refractivity contribution in [2.24, 2.45) is 10.2 Å². The van der Waals surface area contributed by atoms with Crippen molar-refractivity contribution in [2.75, 3.05) is 0 Å². The van der Waals surface area contributed by atoms with Crippen LogP contribution in [0.3, 0.4) is 0 Å². The Hall–Kier alpha value is -3.54. The number of nitro groups is 1. The van der Waals surface area contributed by atoms with E-state index in [0.717, 1.165) is 11.1 Å². The van der Waals surface area contributed by atoms with Gasteiger partial charge in [0.25, 0.3) is 5.69 Å². The highest BCUT2D eigenvalue weighted by molar-refractivity contribution is 5.70. The van der Waals surface area contributed by atoms with Gasteiger partial charge in [-0.3, -0.25) is 10.1 Å². The van der Waals surface area contributed by atoms with E-state index in [9.17, 15) is 15.2 Å². The topological polar surface area (TPSA) is 88.1 Å². The van der Waals surface area contributed by atoms with Crippen molar-refractivity contribution < 1.29 is 10.0 Å². The predicted octanol–water partition coefficient (Wildman–Crippen LogP) is 5.38. The Labute approximate surface area is 137 Å². The second kappa shape index (κ2) is 6.70. The van der Waals surface area contributed by atoms with Crippen molar-refractivity contribution in [2.45, 2.75) is 0 Å². The lowest BCUT2D eigenvalue weighted by Gasteiger charge is -2.04. The standard InChI is InChI=1S/C18H13N3O3/c22-18-11-10-14(13-6-2-1-3-7-13)12-16(18)20-19-15-8-4-5-9-17(15)21(23)24/h1-12,22H. The molecule has 0 amide bonds. The van der Waals surface area contributed by atoms with E-state index in [0.29, 0.717) is 0 Å². The number of phenols is 1. The summed E-state index contributed by atoms with van der Waals surface area (Å²) in [5, 5.41) is 28.8. The third kappa shape index (κ3) is 3.27. The molecular weight excluding hydrogens is 306 g/mol. The van der Waals surface area contributed by atoms with Crippen molar-refractivity contribution in [3.8, 4) is 16.9 Å². The molecule has 0 unspecified atom stereocenters. The molecule has 3 rings (SSSR count).